The van der Waals surface area contributed by atoms with Gasteiger partial charge in [-0.3, -0.25) is 9.69 Å². The van der Waals surface area contributed by atoms with Crippen LogP contribution < -0.4 is 5.32 Å². The molecule has 0 radical (unpaired) electrons. The van der Waals surface area contributed by atoms with Gasteiger partial charge in [-0.25, -0.2) is 8.78 Å². The Morgan fingerprint density at radius 3 is 3.00 bits per heavy atom. The molecule has 1 aliphatic carbocycles. The Labute approximate surface area is 129 Å². The molecule has 2 aliphatic rings. The molecular weight excluding hydrogens is 286 g/mol. The summed E-state index contributed by atoms with van der Waals surface area (Å²) < 4.78 is 27.1. The van der Waals surface area contributed by atoms with Gasteiger partial charge in [-0.15, -0.1) is 0 Å². The summed E-state index contributed by atoms with van der Waals surface area (Å²) in [6.07, 6.45) is 4.01. The Morgan fingerprint density at radius 1 is 1.41 bits per heavy atom. The van der Waals surface area contributed by atoms with Crippen LogP contribution in [-0.4, -0.2) is 30.9 Å². The second-order valence-corrected chi connectivity index (χ2v) is 6.60. The molecule has 1 heterocycles. The highest BCUT2D eigenvalue weighted by atomic mass is 19.2. The zero-order chi connectivity index (χ0) is 15.7. The standard InChI is InChI=1S/C17H22F2N2O/c1-20-16(22)13-5-3-7-17(13)8-9-21(11-17)10-12-4-2-6-14(18)15(12)19/h2,4,6,13H,3,5,7-11H2,1H3,(H,20,22)/t13-,17-/m0/s1. The number of rotatable bonds is 3. The lowest BCUT2D eigenvalue weighted by Crippen LogP contribution is -2.39. The fourth-order valence-corrected chi connectivity index (χ4v) is 4.24. The number of carbonyl (C=O) groups is 1. The molecule has 3 rings (SSSR count). The smallest absolute Gasteiger partial charge is 0.223 e. The van der Waals surface area contributed by atoms with Gasteiger partial charge in [-0.05, 0) is 37.3 Å². The van der Waals surface area contributed by atoms with E-state index in [1.54, 1.807) is 19.2 Å². The fourth-order valence-electron chi connectivity index (χ4n) is 4.24. The van der Waals surface area contributed by atoms with E-state index in [9.17, 15) is 13.6 Å². The maximum atomic E-state index is 13.8. The minimum absolute atomic E-state index is 0.0178. The quantitative estimate of drug-likeness (QED) is 0.931. The van der Waals surface area contributed by atoms with Crippen LogP contribution in [0.2, 0.25) is 0 Å². The molecule has 0 bridgehead atoms. The van der Waals surface area contributed by atoms with Gasteiger partial charge in [0, 0.05) is 31.6 Å². The van der Waals surface area contributed by atoms with E-state index in [4.69, 9.17) is 0 Å². The van der Waals surface area contributed by atoms with Gasteiger partial charge >= 0.3 is 0 Å². The summed E-state index contributed by atoms with van der Waals surface area (Å²) in [6, 6.07) is 4.32. The van der Waals surface area contributed by atoms with Crippen molar-refractivity contribution >= 4 is 5.91 Å². The van der Waals surface area contributed by atoms with Crippen molar-refractivity contribution in [3.8, 4) is 0 Å². The molecule has 2 fully saturated rings. The first-order valence-corrected chi connectivity index (χ1v) is 7.92. The van der Waals surface area contributed by atoms with Gasteiger partial charge in [0.1, 0.15) is 0 Å². The number of hydrogen-bond acceptors (Lipinski definition) is 2. The third kappa shape index (κ3) is 2.62. The molecule has 1 saturated heterocycles. The predicted octanol–water partition coefficient (Wildman–Crippen LogP) is 2.70. The average Bonchev–Trinajstić information content (AvgIpc) is 3.11. The predicted molar refractivity (Wildman–Crippen MR) is 80.1 cm³/mol. The summed E-state index contributed by atoms with van der Waals surface area (Å²) in [5.74, 6) is -1.37. The molecule has 0 unspecified atom stereocenters. The van der Waals surface area contributed by atoms with E-state index in [2.05, 4.69) is 10.2 Å². The largest absolute Gasteiger partial charge is 0.359 e. The van der Waals surface area contributed by atoms with Crippen molar-refractivity contribution < 1.29 is 13.6 Å². The summed E-state index contributed by atoms with van der Waals surface area (Å²) in [6.45, 7) is 2.04. The Kier molecular flexibility index (Phi) is 4.17. The van der Waals surface area contributed by atoms with Crippen LogP contribution in [0.5, 0.6) is 0 Å². The molecule has 5 heteroatoms. The van der Waals surface area contributed by atoms with Crippen molar-refractivity contribution in [3.63, 3.8) is 0 Å². The first-order valence-electron chi connectivity index (χ1n) is 7.92. The lowest BCUT2D eigenvalue weighted by atomic mass is 9.76. The fraction of sp³-hybridized carbons (Fsp3) is 0.588. The van der Waals surface area contributed by atoms with Crippen LogP contribution in [0.15, 0.2) is 18.2 Å². The van der Waals surface area contributed by atoms with Crippen molar-refractivity contribution in [2.45, 2.75) is 32.2 Å². The number of nitrogens with zero attached hydrogens (tertiary/aromatic N) is 1. The van der Waals surface area contributed by atoms with Gasteiger partial charge in [-0.1, -0.05) is 18.6 Å². The molecule has 1 aromatic rings. The van der Waals surface area contributed by atoms with E-state index < -0.39 is 11.6 Å². The van der Waals surface area contributed by atoms with Crippen LogP contribution in [0.3, 0.4) is 0 Å². The number of halogens is 2. The van der Waals surface area contributed by atoms with Crippen molar-refractivity contribution in [1.82, 2.24) is 10.2 Å². The van der Waals surface area contributed by atoms with Crippen LogP contribution in [-0.2, 0) is 11.3 Å². The number of carbonyl (C=O) groups excluding carboxylic acids is 1. The monoisotopic (exact) mass is 308 g/mol. The highest BCUT2D eigenvalue weighted by molar-refractivity contribution is 5.79. The number of hydrogen-bond donors (Lipinski definition) is 1. The molecule has 1 amide bonds. The minimum atomic E-state index is -0.796. The molecule has 120 valence electrons. The van der Waals surface area contributed by atoms with Crippen molar-refractivity contribution in [2.24, 2.45) is 11.3 Å². The second kappa shape index (κ2) is 5.95. The molecule has 1 spiro atoms. The normalized spacial score (nSPS) is 28.4. The first kappa shape index (κ1) is 15.4. The van der Waals surface area contributed by atoms with Gasteiger partial charge in [0.2, 0.25) is 5.91 Å². The van der Waals surface area contributed by atoms with E-state index in [0.717, 1.165) is 44.8 Å². The van der Waals surface area contributed by atoms with Gasteiger partial charge in [-0.2, -0.15) is 0 Å². The molecule has 3 nitrogen and oxygen atoms in total. The maximum Gasteiger partial charge on any atom is 0.223 e. The molecule has 1 N–H and O–H groups in total. The van der Waals surface area contributed by atoms with Gasteiger partial charge in [0.15, 0.2) is 11.6 Å². The van der Waals surface area contributed by atoms with Crippen LogP contribution in [0, 0.1) is 23.0 Å². The molecular formula is C17H22F2N2O. The Morgan fingerprint density at radius 2 is 2.23 bits per heavy atom. The topological polar surface area (TPSA) is 32.3 Å². The van der Waals surface area contributed by atoms with Gasteiger partial charge < -0.3 is 5.32 Å². The average molecular weight is 308 g/mol. The van der Waals surface area contributed by atoms with Gasteiger partial charge in [0.25, 0.3) is 0 Å². The van der Waals surface area contributed by atoms with E-state index in [1.165, 1.54) is 0 Å². The molecule has 1 saturated carbocycles. The zero-order valence-electron chi connectivity index (χ0n) is 12.9. The van der Waals surface area contributed by atoms with E-state index in [0.29, 0.717) is 12.1 Å². The van der Waals surface area contributed by atoms with Crippen LogP contribution in [0.1, 0.15) is 31.2 Å². The lowest BCUT2D eigenvalue weighted by Gasteiger charge is -2.30. The highest BCUT2D eigenvalue weighted by Gasteiger charge is 2.49. The van der Waals surface area contributed by atoms with Crippen LogP contribution >= 0.6 is 0 Å². The number of nitrogens with one attached hydrogen (secondary N) is 1. The van der Waals surface area contributed by atoms with E-state index in [1.807, 2.05) is 0 Å². The molecule has 1 aromatic carbocycles. The van der Waals surface area contributed by atoms with E-state index in [-0.39, 0.29) is 17.2 Å². The maximum absolute atomic E-state index is 13.8. The Bertz CT molecular complexity index is 578. The van der Waals surface area contributed by atoms with Crippen molar-refractivity contribution in [1.29, 1.82) is 0 Å². The van der Waals surface area contributed by atoms with E-state index >= 15 is 0 Å². The Hall–Kier alpha value is -1.49. The lowest BCUT2D eigenvalue weighted by molar-refractivity contribution is -0.127. The van der Waals surface area contributed by atoms with Crippen LogP contribution in [0.4, 0.5) is 8.78 Å². The minimum Gasteiger partial charge on any atom is -0.359 e. The van der Waals surface area contributed by atoms with Gasteiger partial charge in [0.05, 0.1) is 0 Å². The third-order valence-electron chi connectivity index (χ3n) is 5.36. The summed E-state index contributed by atoms with van der Waals surface area (Å²) in [5.41, 5.74) is 0.413. The highest BCUT2D eigenvalue weighted by Crippen LogP contribution is 2.50. The molecule has 1 aliphatic heterocycles. The summed E-state index contributed by atoms with van der Waals surface area (Å²) in [4.78, 5) is 14.3. The van der Waals surface area contributed by atoms with Crippen molar-refractivity contribution in [3.05, 3.63) is 35.4 Å². The zero-order valence-corrected chi connectivity index (χ0v) is 12.9. The summed E-state index contributed by atoms with van der Waals surface area (Å²) in [5, 5.41) is 2.77. The van der Waals surface area contributed by atoms with Crippen LogP contribution in [0.25, 0.3) is 0 Å². The first-order chi connectivity index (χ1) is 10.6. The molecule has 0 aromatic heterocycles. The molecule has 2 atom stereocenters. The summed E-state index contributed by atoms with van der Waals surface area (Å²) >= 11 is 0. The third-order valence-corrected chi connectivity index (χ3v) is 5.36. The Balaban J connectivity index is 1.72. The number of benzene rings is 1. The number of amides is 1. The molecule has 22 heavy (non-hydrogen) atoms. The number of likely N-dealkylation sites (tertiary alicyclic amines) is 1. The SMILES string of the molecule is CNC(=O)[C@@H]1CCC[C@@]12CCN(Cc1cccc(F)c1F)C2. The van der Waals surface area contributed by atoms with Crippen molar-refractivity contribution in [2.75, 3.05) is 20.1 Å². The second-order valence-electron chi connectivity index (χ2n) is 6.60. The summed E-state index contributed by atoms with van der Waals surface area (Å²) in [7, 11) is 1.68.